The molecule has 4 unspecified atom stereocenters. The lowest BCUT2D eigenvalue weighted by atomic mass is 9.39. The minimum Gasteiger partial charge on any atom is -0.507 e. The molecule has 4 atom stereocenters. The van der Waals surface area contributed by atoms with Crippen LogP contribution in [0.15, 0.2) is 84.9 Å². The summed E-state index contributed by atoms with van der Waals surface area (Å²) in [7, 11) is 0. The van der Waals surface area contributed by atoms with Gasteiger partial charge in [-0.15, -0.1) is 0 Å². The number of rotatable bonds is 7. The number of hydrogen-bond acceptors (Lipinski definition) is 4. The van der Waals surface area contributed by atoms with Crippen LogP contribution < -0.4 is 4.90 Å². The normalized spacial score (nSPS) is 34.9. The van der Waals surface area contributed by atoms with Crippen molar-refractivity contribution in [3.8, 4) is 56.3 Å². The monoisotopic (exact) mass is 837 g/mol. The van der Waals surface area contributed by atoms with E-state index in [9.17, 15) is 10.2 Å². The molecule has 4 heteroatoms. The summed E-state index contributed by atoms with van der Waals surface area (Å²) < 4.78 is 0. The molecular formula is C59H68N2O2. The van der Waals surface area contributed by atoms with Gasteiger partial charge in [-0.3, -0.25) is 0 Å². The SMILES string of the molecule is Cc1cc(-c2ccccc2-c2cc(N3CCCC3)cc(-c3ccccc3-c3cc(C)cc(C45CC6CC(C)(CC(C)(C6)C4)C5)c3O)n2)c(O)c(C23CC4CC(C)(CC(C)(C4)C2)C3)c1. The van der Waals surface area contributed by atoms with E-state index in [1.54, 1.807) is 0 Å². The van der Waals surface area contributed by atoms with E-state index in [0.717, 1.165) is 69.7 Å². The molecule has 5 aromatic rings. The highest BCUT2D eigenvalue weighted by molar-refractivity contribution is 5.90. The quantitative estimate of drug-likeness (QED) is 0.171. The molecule has 9 aliphatic rings. The topological polar surface area (TPSA) is 56.6 Å². The van der Waals surface area contributed by atoms with Crippen molar-refractivity contribution in [1.82, 2.24) is 4.98 Å². The summed E-state index contributed by atoms with van der Waals surface area (Å²) in [4.78, 5) is 8.14. The van der Waals surface area contributed by atoms with Gasteiger partial charge in [0, 0.05) is 63.0 Å². The van der Waals surface area contributed by atoms with Crippen LogP contribution in [0.25, 0.3) is 44.8 Å². The zero-order chi connectivity index (χ0) is 43.3. The molecule has 8 saturated carbocycles. The number of nitrogens with zero attached hydrogens (tertiary/aromatic N) is 2. The van der Waals surface area contributed by atoms with Crippen molar-refractivity contribution in [2.75, 3.05) is 18.0 Å². The summed E-state index contributed by atoms with van der Waals surface area (Å²) in [5.74, 6) is 2.42. The summed E-state index contributed by atoms with van der Waals surface area (Å²) in [5, 5.41) is 25.4. The lowest BCUT2D eigenvalue weighted by molar-refractivity contribution is -0.110. The van der Waals surface area contributed by atoms with Gasteiger partial charge in [0.25, 0.3) is 0 Å². The van der Waals surface area contributed by atoms with Gasteiger partial charge in [0.15, 0.2) is 0 Å². The summed E-state index contributed by atoms with van der Waals surface area (Å²) in [6.45, 7) is 16.6. The van der Waals surface area contributed by atoms with Crippen molar-refractivity contribution in [2.24, 2.45) is 33.5 Å². The van der Waals surface area contributed by atoms with E-state index in [2.05, 4.69) is 131 Å². The van der Waals surface area contributed by atoms with Gasteiger partial charge in [0.1, 0.15) is 11.5 Å². The number of benzene rings is 4. The molecule has 2 heterocycles. The lowest BCUT2D eigenvalue weighted by Gasteiger charge is -2.65. The van der Waals surface area contributed by atoms with E-state index in [1.165, 1.54) is 118 Å². The molecule has 326 valence electrons. The van der Waals surface area contributed by atoms with Gasteiger partial charge in [-0.1, -0.05) is 88.4 Å². The molecule has 2 N–H and O–H groups in total. The second-order valence-corrected chi connectivity index (χ2v) is 24.6. The molecule has 0 amide bonds. The third kappa shape index (κ3) is 6.37. The first-order chi connectivity index (χ1) is 30.0. The van der Waals surface area contributed by atoms with Crippen molar-refractivity contribution in [3.05, 3.63) is 107 Å². The van der Waals surface area contributed by atoms with Gasteiger partial charge in [-0.25, -0.2) is 4.98 Å². The largest absolute Gasteiger partial charge is 0.507 e. The number of hydrogen-bond donors (Lipinski definition) is 2. The maximum Gasteiger partial charge on any atom is 0.127 e. The van der Waals surface area contributed by atoms with Gasteiger partial charge in [-0.2, -0.15) is 0 Å². The average Bonchev–Trinajstić information content (AvgIpc) is 3.75. The maximum atomic E-state index is 12.7. The zero-order valence-corrected chi connectivity index (χ0v) is 38.8. The predicted molar refractivity (Wildman–Crippen MR) is 258 cm³/mol. The molecule has 8 bridgehead atoms. The van der Waals surface area contributed by atoms with Crippen molar-refractivity contribution in [3.63, 3.8) is 0 Å². The highest BCUT2D eigenvalue weighted by atomic mass is 16.3. The number of phenolic OH excluding ortho intramolecular Hbond substituents is 2. The Morgan fingerprint density at radius 2 is 0.857 bits per heavy atom. The minimum absolute atomic E-state index is 0.0142. The van der Waals surface area contributed by atoms with Crippen LogP contribution in [0.3, 0.4) is 0 Å². The number of aromatic hydroxyl groups is 2. The van der Waals surface area contributed by atoms with Gasteiger partial charge >= 0.3 is 0 Å². The second-order valence-electron chi connectivity index (χ2n) is 24.6. The van der Waals surface area contributed by atoms with E-state index in [-0.39, 0.29) is 10.8 Å². The van der Waals surface area contributed by atoms with Gasteiger partial charge in [0.05, 0.1) is 11.4 Å². The van der Waals surface area contributed by atoms with Crippen LogP contribution in [-0.2, 0) is 10.8 Å². The molecule has 1 saturated heterocycles. The van der Waals surface area contributed by atoms with Crippen LogP contribution in [0.2, 0.25) is 0 Å². The Morgan fingerprint density at radius 1 is 0.476 bits per heavy atom. The van der Waals surface area contributed by atoms with Gasteiger partial charge in [0.2, 0.25) is 0 Å². The maximum absolute atomic E-state index is 12.7. The molecule has 1 aromatic heterocycles. The van der Waals surface area contributed by atoms with Crippen molar-refractivity contribution in [1.29, 1.82) is 0 Å². The van der Waals surface area contributed by atoms with E-state index in [4.69, 9.17) is 4.98 Å². The Kier molecular flexibility index (Phi) is 8.56. The molecule has 8 aliphatic carbocycles. The molecule has 1 aliphatic heterocycles. The van der Waals surface area contributed by atoms with Crippen LogP contribution in [0.1, 0.15) is 140 Å². The van der Waals surface area contributed by atoms with Crippen molar-refractivity contribution >= 4 is 5.69 Å². The smallest absolute Gasteiger partial charge is 0.127 e. The summed E-state index contributed by atoms with van der Waals surface area (Å²) in [5.41, 5.74) is 15.2. The Morgan fingerprint density at radius 3 is 1.24 bits per heavy atom. The zero-order valence-electron chi connectivity index (χ0n) is 38.8. The van der Waals surface area contributed by atoms with Crippen molar-refractivity contribution < 1.29 is 10.2 Å². The first-order valence-electron chi connectivity index (χ1n) is 24.7. The first kappa shape index (κ1) is 40.0. The van der Waals surface area contributed by atoms with Crippen LogP contribution in [0.4, 0.5) is 5.69 Å². The second kappa shape index (κ2) is 13.5. The Balaban J connectivity index is 0.991. The van der Waals surface area contributed by atoms with Crippen molar-refractivity contribution in [2.45, 2.75) is 142 Å². The molecular weight excluding hydrogens is 769 g/mol. The Hall–Kier alpha value is -4.57. The molecule has 63 heavy (non-hydrogen) atoms. The highest BCUT2D eigenvalue weighted by Gasteiger charge is 2.62. The number of pyridine rings is 1. The molecule has 14 rings (SSSR count). The van der Waals surface area contributed by atoms with E-state index in [1.807, 2.05) is 0 Å². The predicted octanol–water partition coefficient (Wildman–Crippen LogP) is 14.9. The molecule has 0 radical (unpaired) electrons. The fourth-order valence-corrected chi connectivity index (χ4v) is 18.1. The van der Waals surface area contributed by atoms with Gasteiger partial charge < -0.3 is 15.1 Å². The van der Waals surface area contributed by atoms with E-state index >= 15 is 0 Å². The average molecular weight is 837 g/mol. The highest BCUT2D eigenvalue weighted by Crippen LogP contribution is 2.72. The van der Waals surface area contributed by atoms with E-state index in [0.29, 0.717) is 33.2 Å². The molecule has 9 fully saturated rings. The third-order valence-electron chi connectivity index (χ3n) is 18.2. The van der Waals surface area contributed by atoms with Crippen LogP contribution in [-0.4, -0.2) is 28.3 Å². The first-order valence-corrected chi connectivity index (χ1v) is 24.7. The van der Waals surface area contributed by atoms with E-state index < -0.39 is 0 Å². The summed E-state index contributed by atoms with van der Waals surface area (Å²) in [6.07, 6.45) is 17.4. The number of phenols is 2. The Bertz CT molecular complexity index is 2490. The fraction of sp³-hybridized carbons (Fsp3) is 0.508. The lowest BCUT2D eigenvalue weighted by Crippen LogP contribution is -2.56. The number of anilines is 1. The Labute approximate surface area is 376 Å². The number of aromatic nitrogens is 1. The summed E-state index contributed by atoms with van der Waals surface area (Å²) >= 11 is 0. The van der Waals surface area contributed by atoms with Crippen LogP contribution in [0.5, 0.6) is 11.5 Å². The standard InChI is InChI=1S/C59H68N2O2/c1-37-19-46(52(62)48(21-37)58-29-39-25-54(3,33-58)31-55(4,26-39)34-58)42-13-7-9-15-44(42)50-23-41(61-17-11-12-18-61)24-51(60-50)45-16-10-8-14-43(45)47-20-38(2)22-49(53(47)63)59-30-40-27-56(5,35-59)32-57(6,28-40)36-59/h7-10,13-16,19-24,39-40,62-63H,11-12,17-18,25-36H2,1-6H3. The molecule has 4 nitrogen and oxygen atoms in total. The third-order valence-corrected chi connectivity index (χ3v) is 18.2. The van der Waals surface area contributed by atoms with Crippen LogP contribution >= 0.6 is 0 Å². The molecule has 0 spiro atoms. The van der Waals surface area contributed by atoms with Gasteiger partial charge in [-0.05, 0) is 184 Å². The van der Waals surface area contributed by atoms with Crippen LogP contribution in [0, 0.1) is 47.3 Å². The fourth-order valence-electron chi connectivity index (χ4n) is 18.1. The number of aryl methyl sites for hydroxylation is 2. The summed E-state index contributed by atoms with van der Waals surface area (Å²) in [6, 6.07) is 31.0. The minimum atomic E-state index is 0.0142. The molecule has 4 aromatic carbocycles.